The summed E-state index contributed by atoms with van der Waals surface area (Å²) in [6, 6.07) is 10.5. The van der Waals surface area contributed by atoms with Gasteiger partial charge in [0.25, 0.3) is 5.91 Å². The fourth-order valence-electron chi connectivity index (χ4n) is 3.32. The van der Waals surface area contributed by atoms with Gasteiger partial charge in [-0.3, -0.25) is 9.69 Å². The summed E-state index contributed by atoms with van der Waals surface area (Å²) in [5.74, 6) is -0.0485. The Morgan fingerprint density at radius 2 is 2.20 bits per heavy atom. The van der Waals surface area contributed by atoms with Crippen molar-refractivity contribution in [3.05, 3.63) is 52.0 Å². The zero-order valence-corrected chi connectivity index (χ0v) is 15.6. The van der Waals surface area contributed by atoms with Gasteiger partial charge in [0.15, 0.2) is 0 Å². The van der Waals surface area contributed by atoms with Gasteiger partial charge in [-0.25, -0.2) is 4.98 Å². The Hall–Kier alpha value is -1.76. The van der Waals surface area contributed by atoms with E-state index in [2.05, 4.69) is 46.4 Å². The lowest BCUT2D eigenvalue weighted by atomic mass is 9.98. The molecule has 25 heavy (non-hydrogen) atoms. The summed E-state index contributed by atoms with van der Waals surface area (Å²) >= 11 is 1.39. The highest BCUT2D eigenvalue weighted by molar-refractivity contribution is 7.13. The number of hydrogen-bond acceptors (Lipinski definition) is 5. The molecule has 6 heteroatoms. The van der Waals surface area contributed by atoms with Crippen LogP contribution in [0.4, 0.5) is 0 Å². The Labute approximate surface area is 153 Å². The predicted molar refractivity (Wildman–Crippen MR) is 99.7 cm³/mol. The van der Waals surface area contributed by atoms with E-state index in [0.717, 1.165) is 30.9 Å². The van der Waals surface area contributed by atoms with Crippen molar-refractivity contribution in [1.29, 1.82) is 0 Å². The molecule has 5 nitrogen and oxygen atoms in total. The quantitative estimate of drug-likeness (QED) is 0.825. The summed E-state index contributed by atoms with van der Waals surface area (Å²) in [4.78, 5) is 19.8. The van der Waals surface area contributed by atoms with E-state index in [9.17, 15) is 4.79 Å². The molecule has 2 aromatic rings. The van der Waals surface area contributed by atoms with Crippen molar-refractivity contribution in [1.82, 2.24) is 15.2 Å². The molecule has 134 valence electrons. The highest BCUT2D eigenvalue weighted by Crippen LogP contribution is 2.30. The van der Waals surface area contributed by atoms with E-state index in [-0.39, 0.29) is 11.4 Å². The van der Waals surface area contributed by atoms with Crippen LogP contribution in [-0.2, 0) is 17.9 Å². The molecule has 0 bridgehead atoms. The third-order valence-corrected chi connectivity index (χ3v) is 5.77. The van der Waals surface area contributed by atoms with Gasteiger partial charge in [0.05, 0.1) is 12.8 Å². The summed E-state index contributed by atoms with van der Waals surface area (Å²) in [5.41, 5.74) is 1.31. The highest BCUT2D eigenvalue weighted by Gasteiger charge is 2.36. The molecule has 1 atom stereocenters. The number of nitrogens with zero attached hydrogens (tertiary/aromatic N) is 2. The first-order valence-corrected chi connectivity index (χ1v) is 9.43. The Morgan fingerprint density at radius 1 is 1.40 bits per heavy atom. The topological polar surface area (TPSA) is 54.5 Å². The predicted octanol–water partition coefficient (Wildman–Crippen LogP) is 3.07. The van der Waals surface area contributed by atoms with Crippen molar-refractivity contribution in [3.8, 4) is 0 Å². The maximum absolute atomic E-state index is 12.4. The highest BCUT2D eigenvalue weighted by atomic mass is 32.1. The molecule has 1 aromatic carbocycles. The van der Waals surface area contributed by atoms with E-state index in [1.54, 1.807) is 13.3 Å². The van der Waals surface area contributed by atoms with E-state index < -0.39 is 0 Å². The van der Waals surface area contributed by atoms with Gasteiger partial charge in [-0.05, 0) is 31.9 Å². The van der Waals surface area contributed by atoms with E-state index in [4.69, 9.17) is 4.74 Å². The van der Waals surface area contributed by atoms with Crippen molar-refractivity contribution in [3.63, 3.8) is 0 Å². The minimum atomic E-state index is -0.0485. The lowest BCUT2D eigenvalue weighted by Gasteiger charge is -2.35. The molecule has 1 unspecified atom stereocenters. The van der Waals surface area contributed by atoms with Crippen LogP contribution in [0.15, 0.2) is 36.5 Å². The van der Waals surface area contributed by atoms with Crippen LogP contribution in [0.3, 0.4) is 0 Å². The summed E-state index contributed by atoms with van der Waals surface area (Å²) in [6.07, 6.45) is 3.89. The first-order chi connectivity index (χ1) is 12.1. The molecule has 1 N–H and O–H groups in total. The molecule has 1 aliphatic rings. The smallest absolute Gasteiger partial charge is 0.263 e. The van der Waals surface area contributed by atoms with Gasteiger partial charge in [0.1, 0.15) is 9.88 Å². The van der Waals surface area contributed by atoms with Crippen LogP contribution in [0, 0.1) is 0 Å². The first-order valence-electron chi connectivity index (χ1n) is 8.61. The fourth-order valence-corrected chi connectivity index (χ4v) is 4.12. The molecule has 1 aromatic heterocycles. The van der Waals surface area contributed by atoms with Crippen molar-refractivity contribution >= 4 is 17.2 Å². The number of likely N-dealkylation sites (tertiary alicyclic amines) is 1. The largest absolute Gasteiger partial charge is 0.378 e. The number of carbonyl (C=O) groups excluding carboxylic acids is 1. The maximum atomic E-state index is 12.4. The molecule has 0 aliphatic carbocycles. The first kappa shape index (κ1) is 18.0. The average molecular weight is 359 g/mol. The standard InChI is InChI=1S/C19H25N3O2S/c1-19(9-6-10-22(19)12-15-7-4-3-5-8-15)14-21-18(23)16-11-20-17(25-16)13-24-2/h3-5,7-8,11H,6,9-10,12-14H2,1-2H3,(H,21,23). The summed E-state index contributed by atoms with van der Waals surface area (Å²) in [6.45, 7) is 5.33. The molecule has 1 amide bonds. The van der Waals surface area contributed by atoms with Crippen LogP contribution < -0.4 is 5.32 Å². The number of aromatic nitrogens is 1. The van der Waals surface area contributed by atoms with Crippen LogP contribution in [0.2, 0.25) is 0 Å². The number of benzene rings is 1. The summed E-state index contributed by atoms with van der Waals surface area (Å²) < 4.78 is 5.06. The van der Waals surface area contributed by atoms with Gasteiger partial charge in [-0.15, -0.1) is 11.3 Å². The summed E-state index contributed by atoms with van der Waals surface area (Å²) in [7, 11) is 1.63. The molecule has 0 radical (unpaired) electrons. The molecule has 2 heterocycles. The second kappa shape index (κ2) is 8.08. The monoisotopic (exact) mass is 359 g/mol. The second-order valence-electron chi connectivity index (χ2n) is 6.74. The Balaban J connectivity index is 1.59. The Morgan fingerprint density at radius 3 is 2.96 bits per heavy atom. The number of carbonyl (C=O) groups is 1. The third kappa shape index (κ3) is 4.45. The SMILES string of the molecule is COCc1ncc(C(=O)NCC2(C)CCCN2Cc2ccccc2)s1. The molecule has 1 saturated heterocycles. The minimum Gasteiger partial charge on any atom is -0.378 e. The zero-order chi connectivity index (χ0) is 17.7. The maximum Gasteiger partial charge on any atom is 0.263 e. The van der Waals surface area contributed by atoms with Gasteiger partial charge in [0.2, 0.25) is 0 Å². The number of amides is 1. The molecular weight excluding hydrogens is 334 g/mol. The number of thiazole rings is 1. The minimum absolute atomic E-state index is 0.00838. The molecule has 3 rings (SSSR count). The summed E-state index contributed by atoms with van der Waals surface area (Å²) in [5, 5.41) is 3.93. The van der Waals surface area contributed by atoms with Crippen molar-refractivity contribution in [2.75, 3.05) is 20.2 Å². The van der Waals surface area contributed by atoms with Crippen LogP contribution in [-0.4, -0.2) is 41.5 Å². The number of hydrogen-bond donors (Lipinski definition) is 1. The van der Waals surface area contributed by atoms with Gasteiger partial charge < -0.3 is 10.1 Å². The zero-order valence-electron chi connectivity index (χ0n) is 14.8. The van der Waals surface area contributed by atoms with Crippen LogP contribution in [0.1, 0.15) is 40.0 Å². The van der Waals surface area contributed by atoms with E-state index in [0.29, 0.717) is 18.0 Å². The van der Waals surface area contributed by atoms with Crippen LogP contribution in [0.25, 0.3) is 0 Å². The van der Waals surface area contributed by atoms with Gasteiger partial charge in [-0.1, -0.05) is 30.3 Å². The Bertz CT molecular complexity index is 704. The molecule has 0 spiro atoms. The average Bonchev–Trinajstić information content (AvgIpc) is 3.22. The molecule has 1 aliphatic heterocycles. The molecule has 0 saturated carbocycles. The van der Waals surface area contributed by atoms with Crippen LogP contribution in [0.5, 0.6) is 0 Å². The molecule has 1 fully saturated rings. The van der Waals surface area contributed by atoms with Crippen molar-refractivity contribution in [2.24, 2.45) is 0 Å². The third-order valence-electron chi connectivity index (χ3n) is 4.80. The van der Waals surface area contributed by atoms with Gasteiger partial charge >= 0.3 is 0 Å². The lowest BCUT2D eigenvalue weighted by molar-refractivity contribution is 0.0901. The number of rotatable bonds is 7. The Kier molecular flexibility index (Phi) is 5.83. The van der Waals surface area contributed by atoms with Gasteiger partial charge in [-0.2, -0.15) is 0 Å². The van der Waals surface area contributed by atoms with E-state index in [1.807, 2.05) is 6.07 Å². The van der Waals surface area contributed by atoms with E-state index in [1.165, 1.54) is 16.9 Å². The normalized spacial score (nSPS) is 20.7. The molecular formula is C19H25N3O2S. The number of methoxy groups -OCH3 is 1. The van der Waals surface area contributed by atoms with Crippen LogP contribution >= 0.6 is 11.3 Å². The van der Waals surface area contributed by atoms with Gasteiger partial charge in [0, 0.05) is 25.7 Å². The van der Waals surface area contributed by atoms with Crippen molar-refractivity contribution in [2.45, 2.75) is 38.5 Å². The lowest BCUT2D eigenvalue weighted by Crippen LogP contribution is -2.49. The fraction of sp³-hybridized carbons (Fsp3) is 0.474. The number of nitrogens with one attached hydrogen (secondary N) is 1. The number of ether oxygens (including phenoxy) is 1. The second-order valence-corrected chi connectivity index (χ2v) is 7.86. The van der Waals surface area contributed by atoms with Crippen molar-refractivity contribution < 1.29 is 9.53 Å². The van der Waals surface area contributed by atoms with E-state index >= 15 is 0 Å².